The first kappa shape index (κ1) is 32.3. The minimum Gasteiger partial charge on any atom is -0.475 e. The summed E-state index contributed by atoms with van der Waals surface area (Å²) in [5, 5.41) is 18.6. The van der Waals surface area contributed by atoms with Crippen molar-refractivity contribution in [1.29, 1.82) is 0 Å². The second-order valence-corrected chi connectivity index (χ2v) is 8.93. The Morgan fingerprint density at radius 2 is 1.73 bits per heavy atom. The van der Waals surface area contributed by atoms with Gasteiger partial charge in [0.1, 0.15) is 5.82 Å². The summed E-state index contributed by atoms with van der Waals surface area (Å²) in [6.45, 7) is 6.54. The number of thiophene rings is 1. The zero-order valence-corrected chi connectivity index (χ0v) is 20.8. The predicted molar refractivity (Wildman–Crippen MR) is 121 cm³/mol. The lowest BCUT2D eigenvalue weighted by molar-refractivity contribution is -0.193. The number of alkyl halides is 6. The third-order valence-electron chi connectivity index (χ3n) is 4.65. The molecule has 0 aromatic carbocycles. The number of ether oxygens (including phenoxy) is 1. The number of nitrogens with zero attached hydrogens (tertiary/aromatic N) is 4. The Morgan fingerprint density at radius 1 is 1.14 bits per heavy atom. The molecule has 0 amide bonds. The van der Waals surface area contributed by atoms with Crippen LogP contribution in [0.4, 0.5) is 26.3 Å². The van der Waals surface area contributed by atoms with E-state index in [9.17, 15) is 26.3 Å². The van der Waals surface area contributed by atoms with Gasteiger partial charge in [-0.3, -0.25) is 4.90 Å². The Morgan fingerprint density at radius 3 is 2.22 bits per heavy atom. The van der Waals surface area contributed by atoms with Gasteiger partial charge in [0, 0.05) is 44.5 Å². The lowest BCUT2D eigenvalue weighted by atomic mass is 10.1. The van der Waals surface area contributed by atoms with Gasteiger partial charge in [0.15, 0.2) is 0 Å². The van der Waals surface area contributed by atoms with Crippen LogP contribution in [0, 0.1) is 5.92 Å². The smallest absolute Gasteiger partial charge is 0.475 e. The van der Waals surface area contributed by atoms with Crippen LogP contribution in [0.5, 0.6) is 0 Å². The highest BCUT2D eigenvalue weighted by atomic mass is 32.1. The molecule has 210 valence electrons. The first-order valence-electron chi connectivity index (χ1n) is 10.7. The van der Waals surface area contributed by atoms with Crippen molar-refractivity contribution in [2.24, 2.45) is 5.92 Å². The molecule has 0 saturated heterocycles. The Kier molecular flexibility index (Phi) is 13.0. The molecule has 0 aliphatic carbocycles. The third-order valence-corrected chi connectivity index (χ3v) is 5.38. The van der Waals surface area contributed by atoms with Gasteiger partial charge in [-0.05, 0) is 36.5 Å². The minimum absolute atomic E-state index is 0.506. The van der Waals surface area contributed by atoms with Gasteiger partial charge in [-0.2, -0.15) is 37.7 Å². The topological polar surface area (TPSA) is 108 Å². The summed E-state index contributed by atoms with van der Waals surface area (Å²) in [7, 11) is 4.16. The Balaban J connectivity index is 0.000000404. The Labute approximate surface area is 212 Å². The fourth-order valence-corrected chi connectivity index (χ4v) is 3.65. The van der Waals surface area contributed by atoms with Crippen LogP contribution in [-0.4, -0.2) is 94.3 Å². The number of carbonyl (C=O) groups is 2. The molecule has 0 radical (unpaired) electrons. The molecule has 37 heavy (non-hydrogen) atoms. The predicted octanol–water partition coefficient (Wildman–Crippen LogP) is 3.42. The van der Waals surface area contributed by atoms with Crippen molar-refractivity contribution in [2.75, 3.05) is 40.4 Å². The SMILES string of the molecule is CN(C)CCOCC1CN(Cc2ccsc2)Cc2nccn2C1.O=C(O)C(F)(F)F.O=C(O)C(F)(F)F. The Hall–Kier alpha value is -2.69. The lowest BCUT2D eigenvalue weighted by Gasteiger charge is -2.23. The zero-order chi connectivity index (χ0) is 28.2. The number of fused-ring (bicyclic) bond motifs is 1. The van der Waals surface area contributed by atoms with Crippen LogP contribution < -0.4 is 0 Å². The van der Waals surface area contributed by atoms with Gasteiger partial charge in [0.05, 0.1) is 19.8 Å². The molecule has 0 bridgehead atoms. The average Bonchev–Trinajstić information content (AvgIpc) is 3.40. The molecule has 3 rings (SSSR count). The van der Waals surface area contributed by atoms with E-state index in [0.717, 1.165) is 51.8 Å². The highest BCUT2D eigenvalue weighted by molar-refractivity contribution is 7.07. The van der Waals surface area contributed by atoms with Crippen LogP contribution in [0.25, 0.3) is 0 Å². The maximum atomic E-state index is 10.6. The Bertz CT molecular complexity index is 926. The number of likely N-dealkylation sites (N-methyl/N-ethyl adjacent to an activating group) is 1. The molecule has 0 spiro atoms. The maximum absolute atomic E-state index is 10.6. The molecule has 3 heterocycles. The number of aromatic nitrogens is 2. The second-order valence-electron chi connectivity index (χ2n) is 8.15. The van der Waals surface area contributed by atoms with Crippen molar-refractivity contribution >= 4 is 23.3 Å². The van der Waals surface area contributed by atoms with Crippen molar-refractivity contribution in [1.82, 2.24) is 19.4 Å². The summed E-state index contributed by atoms with van der Waals surface area (Å²) in [6, 6.07) is 2.21. The van der Waals surface area contributed by atoms with Gasteiger partial charge in [-0.25, -0.2) is 14.6 Å². The quantitative estimate of drug-likeness (QED) is 0.391. The van der Waals surface area contributed by atoms with E-state index in [2.05, 4.69) is 56.5 Å². The molecule has 2 aromatic heterocycles. The number of halogens is 6. The van der Waals surface area contributed by atoms with Crippen LogP contribution in [0.1, 0.15) is 11.4 Å². The van der Waals surface area contributed by atoms with Gasteiger partial charge in [0.2, 0.25) is 0 Å². The number of carboxylic acids is 2. The normalized spacial score (nSPS) is 16.1. The van der Waals surface area contributed by atoms with E-state index < -0.39 is 24.3 Å². The van der Waals surface area contributed by atoms with Gasteiger partial charge in [-0.1, -0.05) is 0 Å². The number of hydrogen-bond donors (Lipinski definition) is 2. The highest BCUT2D eigenvalue weighted by Crippen LogP contribution is 2.19. The molecule has 2 aromatic rings. The number of aliphatic carboxylic acids is 2. The molecule has 2 N–H and O–H groups in total. The molecule has 1 atom stereocenters. The standard InChI is InChI=1S/C17H26N4OS.2C2HF3O2/c1-19(2)6-7-22-13-16-10-20(9-15-3-8-23-14-15)12-17-18-4-5-21(17)11-16;2*3-2(4,5)1(6)7/h3-5,8,14,16H,6-7,9-13H2,1-2H3;2*(H,6,7). The lowest BCUT2D eigenvalue weighted by Crippen LogP contribution is -2.30. The van der Waals surface area contributed by atoms with Crippen LogP contribution in [-0.2, 0) is 34.0 Å². The van der Waals surface area contributed by atoms with Gasteiger partial charge < -0.3 is 24.4 Å². The van der Waals surface area contributed by atoms with Gasteiger partial charge in [-0.15, -0.1) is 0 Å². The summed E-state index contributed by atoms with van der Waals surface area (Å²) in [4.78, 5) is 27.0. The van der Waals surface area contributed by atoms with E-state index in [1.807, 2.05) is 6.20 Å². The van der Waals surface area contributed by atoms with Crippen LogP contribution >= 0.6 is 11.3 Å². The van der Waals surface area contributed by atoms with Crippen molar-refractivity contribution in [3.8, 4) is 0 Å². The second kappa shape index (κ2) is 14.9. The molecule has 16 heteroatoms. The molecular weight excluding hydrogens is 534 g/mol. The van der Waals surface area contributed by atoms with E-state index in [1.54, 1.807) is 11.3 Å². The van der Waals surface area contributed by atoms with Crippen molar-refractivity contribution < 1.29 is 50.9 Å². The maximum Gasteiger partial charge on any atom is 0.490 e. The largest absolute Gasteiger partial charge is 0.490 e. The van der Waals surface area contributed by atoms with Gasteiger partial charge in [0.25, 0.3) is 0 Å². The van der Waals surface area contributed by atoms with E-state index in [4.69, 9.17) is 24.5 Å². The summed E-state index contributed by atoms with van der Waals surface area (Å²) in [5.41, 5.74) is 1.39. The summed E-state index contributed by atoms with van der Waals surface area (Å²) >= 11 is 1.76. The highest BCUT2D eigenvalue weighted by Gasteiger charge is 2.38. The summed E-state index contributed by atoms with van der Waals surface area (Å²) < 4.78 is 71.7. The number of carboxylic acid groups (broad SMARTS) is 2. The fourth-order valence-electron chi connectivity index (χ4n) is 2.99. The van der Waals surface area contributed by atoms with Crippen LogP contribution in [0.2, 0.25) is 0 Å². The summed E-state index contributed by atoms with van der Waals surface area (Å²) in [5.74, 6) is -3.85. The molecule has 1 aliphatic heterocycles. The molecule has 0 fully saturated rings. The van der Waals surface area contributed by atoms with Crippen molar-refractivity contribution in [3.05, 3.63) is 40.6 Å². The summed E-state index contributed by atoms with van der Waals surface area (Å²) in [6.07, 6.45) is -6.16. The van der Waals surface area contributed by atoms with Crippen molar-refractivity contribution in [2.45, 2.75) is 32.0 Å². The number of imidazole rings is 1. The molecule has 1 unspecified atom stereocenters. The minimum atomic E-state index is -5.08. The molecule has 1 aliphatic rings. The number of hydrogen-bond acceptors (Lipinski definition) is 7. The van der Waals surface area contributed by atoms with Crippen LogP contribution in [0.3, 0.4) is 0 Å². The van der Waals surface area contributed by atoms with E-state index >= 15 is 0 Å². The van der Waals surface area contributed by atoms with E-state index in [0.29, 0.717) is 5.92 Å². The fraction of sp³-hybridized carbons (Fsp3) is 0.571. The third kappa shape index (κ3) is 13.4. The van der Waals surface area contributed by atoms with Gasteiger partial charge >= 0.3 is 24.3 Å². The van der Waals surface area contributed by atoms with Crippen LogP contribution in [0.15, 0.2) is 29.2 Å². The zero-order valence-electron chi connectivity index (χ0n) is 20.0. The monoisotopic (exact) mass is 562 g/mol. The number of rotatable bonds is 7. The van der Waals surface area contributed by atoms with E-state index in [1.165, 1.54) is 5.56 Å². The van der Waals surface area contributed by atoms with Crippen molar-refractivity contribution in [3.63, 3.8) is 0 Å². The molecule has 9 nitrogen and oxygen atoms in total. The first-order valence-corrected chi connectivity index (χ1v) is 11.6. The molecular formula is C21H28F6N4O5S. The van der Waals surface area contributed by atoms with E-state index in [-0.39, 0.29) is 0 Å². The molecule has 0 saturated carbocycles. The average molecular weight is 563 g/mol. The first-order chi connectivity index (χ1) is 17.1.